The molecule has 1 aliphatic heterocycles. The Morgan fingerprint density at radius 1 is 1.31 bits per heavy atom. The Morgan fingerprint density at radius 2 is 2.15 bits per heavy atom. The summed E-state index contributed by atoms with van der Waals surface area (Å²) in [4.78, 5) is 23.8. The van der Waals surface area contributed by atoms with Crippen molar-refractivity contribution in [3.63, 3.8) is 0 Å². The number of rotatable bonds is 6. The zero-order valence-corrected chi connectivity index (χ0v) is 14.9. The highest BCUT2D eigenvalue weighted by atomic mass is 16.5. The number of nitrogens with one attached hydrogen (secondary N) is 1. The SMILES string of the molecule is COCc1nc([C@H]2CN(C(=O)c3coc(C4CC4)n3)C[C@@H]2C2CC2)n[nH]1. The van der Waals surface area contributed by atoms with E-state index >= 15 is 0 Å². The zero-order valence-electron chi connectivity index (χ0n) is 14.9. The van der Waals surface area contributed by atoms with Gasteiger partial charge < -0.3 is 14.1 Å². The number of carbonyl (C=O) groups excluding carboxylic acids is 1. The first-order valence-corrected chi connectivity index (χ1v) is 9.37. The second-order valence-electron chi connectivity index (χ2n) is 7.74. The van der Waals surface area contributed by atoms with Crippen LogP contribution in [0.5, 0.6) is 0 Å². The van der Waals surface area contributed by atoms with Crippen LogP contribution in [0.3, 0.4) is 0 Å². The van der Waals surface area contributed by atoms with Gasteiger partial charge in [-0.15, -0.1) is 0 Å². The number of H-pyrrole nitrogens is 1. The molecule has 0 unspecified atom stereocenters. The lowest BCUT2D eigenvalue weighted by Crippen LogP contribution is -2.29. The monoisotopic (exact) mass is 357 g/mol. The molecule has 3 aliphatic rings. The molecule has 8 heteroatoms. The summed E-state index contributed by atoms with van der Waals surface area (Å²) in [6, 6.07) is 0. The molecule has 1 amide bonds. The molecule has 2 atom stereocenters. The quantitative estimate of drug-likeness (QED) is 0.850. The fourth-order valence-corrected chi connectivity index (χ4v) is 4.01. The molecule has 1 N–H and O–H groups in total. The van der Waals surface area contributed by atoms with Crippen molar-refractivity contribution in [3.8, 4) is 0 Å². The molecule has 8 nitrogen and oxygen atoms in total. The molecular formula is C18H23N5O3. The Balaban J connectivity index is 1.34. The first-order valence-electron chi connectivity index (χ1n) is 9.37. The highest BCUT2D eigenvalue weighted by Crippen LogP contribution is 2.47. The average Bonchev–Trinajstić information content (AvgIpc) is 3.53. The molecule has 0 bridgehead atoms. The van der Waals surface area contributed by atoms with Crippen molar-refractivity contribution >= 4 is 5.91 Å². The van der Waals surface area contributed by atoms with Crippen molar-refractivity contribution in [2.45, 2.75) is 44.1 Å². The maximum atomic E-state index is 12.9. The minimum absolute atomic E-state index is 0.0403. The number of likely N-dealkylation sites (tertiary alicyclic amines) is 1. The third-order valence-corrected chi connectivity index (χ3v) is 5.71. The van der Waals surface area contributed by atoms with Gasteiger partial charge in [0.2, 0.25) is 0 Å². The van der Waals surface area contributed by atoms with E-state index in [2.05, 4.69) is 20.2 Å². The minimum Gasteiger partial charge on any atom is -0.448 e. The molecule has 2 saturated carbocycles. The Bertz CT molecular complexity index is 807. The van der Waals surface area contributed by atoms with Crippen molar-refractivity contribution in [1.82, 2.24) is 25.1 Å². The predicted octanol–water partition coefficient (Wildman–Crippen LogP) is 2.08. The van der Waals surface area contributed by atoms with Crippen LogP contribution in [0.15, 0.2) is 10.7 Å². The molecule has 3 heterocycles. The van der Waals surface area contributed by atoms with Crippen LogP contribution in [0.25, 0.3) is 0 Å². The van der Waals surface area contributed by atoms with E-state index in [4.69, 9.17) is 9.15 Å². The van der Waals surface area contributed by atoms with Gasteiger partial charge in [0.15, 0.2) is 23.2 Å². The molecule has 5 rings (SSSR count). The fourth-order valence-electron chi connectivity index (χ4n) is 4.01. The van der Waals surface area contributed by atoms with Gasteiger partial charge in [0.25, 0.3) is 5.91 Å². The highest BCUT2D eigenvalue weighted by molar-refractivity contribution is 5.92. The van der Waals surface area contributed by atoms with Gasteiger partial charge >= 0.3 is 0 Å². The molecule has 138 valence electrons. The molecule has 0 radical (unpaired) electrons. The van der Waals surface area contributed by atoms with Gasteiger partial charge in [0.05, 0.1) is 0 Å². The van der Waals surface area contributed by atoms with Crippen LogP contribution in [0.1, 0.15) is 65.5 Å². The van der Waals surface area contributed by atoms with E-state index < -0.39 is 0 Å². The summed E-state index contributed by atoms with van der Waals surface area (Å²) in [6.45, 7) is 1.79. The zero-order chi connectivity index (χ0) is 17.7. The lowest BCUT2D eigenvalue weighted by Gasteiger charge is -2.14. The van der Waals surface area contributed by atoms with Crippen LogP contribution in [-0.4, -0.2) is 51.2 Å². The Labute approximate surface area is 151 Å². The number of carbonyl (C=O) groups is 1. The topological polar surface area (TPSA) is 97.1 Å². The van der Waals surface area contributed by atoms with Crippen LogP contribution in [0.4, 0.5) is 0 Å². The summed E-state index contributed by atoms with van der Waals surface area (Å²) >= 11 is 0. The summed E-state index contributed by atoms with van der Waals surface area (Å²) in [5, 5.41) is 7.34. The number of aromatic nitrogens is 4. The van der Waals surface area contributed by atoms with Gasteiger partial charge in [-0.05, 0) is 37.5 Å². The molecule has 2 aromatic heterocycles. The fraction of sp³-hybridized carbons (Fsp3) is 0.667. The third kappa shape index (κ3) is 2.92. The number of nitrogens with zero attached hydrogens (tertiary/aromatic N) is 4. The van der Waals surface area contributed by atoms with E-state index in [9.17, 15) is 4.79 Å². The number of ether oxygens (including phenoxy) is 1. The van der Waals surface area contributed by atoms with Gasteiger partial charge in [-0.25, -0.2) is 9.97 Å². The second kappa shape index (κ2) is 6.19. The average molecular weight is 357 g/mol. The lowest BCUT2D eigenvalue weighted by molar-refractivity contribution is 0.0779. The number of amides is 1. The van der Waals surface area contributed by atoms with Crippen LogP contribution < -0.4 is 0 Å². The van der Waals surface area contributed by atoms with Crippen molar-refractivity contribution in [1.29, 1.82) is 0 Å². The van der Waals surface area contributed by atoms with E-state index in [0.29, 0.717) is 42.5 Å². The van der Waals surface area contributed by atoms with E-state index in [1.165, 1.54) is 19.1 Å². The van der Waals surface area contributed by atoms with Crippen molar-refractivity contribution < 1.29 is 13.9 Å². The van der Waals surface area contributed by atoms with Gasteiger partial charge in [-0.2, -0.15) is 5.10 Å². The van der Waals surface area contributed by atoms with E-state index in [1.54, 1.807) is 7.11 Å². The van der Waals surface area contributed by atoms with Crippen LogP contribution >= 0.6 is 0 Å². The van der Waals surface area contributed by atoms with E-state index in [0.717, 1.165) is 31.0 Å². The number of hydrogen-bond donors (Lipinski definition) is 1. The van der Waals surface area contributed by atoms with Crippen molar-refractivity contribution in [3.05, 3.63) is 29.5 Å². The molecule has 0 aromatic carbocycles. The highest BCUT2D eigenvalue weighted by Gasteiger charge is 2.46. The Hall–Kier alpha value is -2.22. The molecule has 0 spiro atoms. The number of oxazole rings is 1. The van der Waals surface area contributed by atoms with Gasteiger partial charge in [-0.1, -0.05) is 0 Å². The molecule has 26 heavy (non-hydrogen) atoms. The van der Waals surface area contributed by atoms with Crippen LogP contribution in [-0.2, 0) is 11.3 Å². The standard InChI is InChI=1S/C18H23N5O3/c1-25-9-15-20-16(22-21-15)13-7-23(6-12(13)10-2-3-10)18(24)14-8-26-17(19-14)11-4-5-11/h8,10-13H,2-7,9H2,1H3,(H,20,21,22)/t12-,13+/m1/s1. The first-order chi connectivity index (χ1) is 12.7. The third-order valence-electron chi connectivity index (χ3n) is 5.71. The smallest absolute Gasteiger partial charge is 0.275 e. The maximum absolute atomic E-state index is 12.9. The Kier molecular flexibility index (Phi) is 3.81. The molecule has 1 saturated heterocycles. The lowest BCUT2D eigenvalue weighted by atomic mass is 9.91. The number of methoxy groups -OCH3 is 1. The molecule has 2 aromatic rings. The Morgan fingerprint density at radius 3 is 2.88 bits per heavy atom. The van der Waals surface area contributed by atoms with Crippen molar-refractivity contribution in [2.75, 3.05) is 20.2 Å². The van der Waals surface area contributed by atoms with Gasteiger partial charge in [0.1, 0.15) is 12.9 Å². The first kappa shape index (κ1) is 16.0. The molecular weight excluding hydrogens is 334 g/mol. The van der Waals surface area contributed by atoms with Crippen LogP contribution in [0.2, 0.25) is 0 Å². The summed E-state index contributed by atoms with van der Waals surface area (Å²) in [6.07, 6.45) is 6.19. The number of hydrogen-bond acceptors (Lipinski definition) is 6. The molecule has 2 aliphatic carbocycles. The minimum atomic E-state index is -0.0403. The van der Waals surface area contributed by atoms with E-state index in [-0.39, 0.29) is 11.8 Å². The molecule has 3 fully saturated rings. The van der Waals surface area contributed by atoms with Gasteiger partial charge in [0, 0.05) is 32.0 Å². The largest absolute Gasteiger partial charge is 0.448 e. The van der Waals surface area contributed by atoms with Crippen LogP contribution in [0, 0.1) is 11.8 Å². The maximum Gasteiger partial charge on any atom is 0.275 e. The van der Waals surface area contributed by atoms with E-state index in [1.807, 2.05) is 4.90 Å². The van der Waals surface area contributed by atoms with Crippen molar-refractivity contribution in [2.24, 2.45) is 11.8 Å². The normalized spacial score (nSPS) is 25.8. The van der Waals surface area contributed by atoms with Gasteiger partial charge in [-0.3, -0.25) is 9.89 Å². The summed E-state index contributed by atoms with van der Waals surface area (Å²) in [5.74, 6) is 3.86. The summed E-state index contributed by atoms with van der Waals surface area (Å²) < 4.78 is 10.6. The summed E-state index contributed by atoms with van der Waals surface area (Å²) in [7, 11) is 1.64. The second-order valence-corrected chi connectivity index (χ2v) is 7.74. The predicted molar refractivity (Wildman–Crippen MR) is 90.4 cm³/mol. The number of aromatic amines is 1. The summed E-state index contributed by atoms with van der Waals surface area (Å²) in [5.41, 5.74) is 0.428.